The first kappa shape index (κ1) is 7.60. The molecule has 1 aliphatic carbocycles. The van der Waals surface area contributed by atoms with Gasteiger partial charge in [0.1, 0.15) is 0 Å². The molecule has 1 spiro atoms. The molecule has 64 valence electrons. The first-order valence-corrected chi connectivity index (χ1v) is 4.91. The van der Waals surface area contributed by atoms with Crippen LogP contribution in [0, 0.1) is 11.3 Å². The maximum absolute atomic E-state index is 2.50. The van der Waals surface area contributed by atoms with Gasteiger partial charge in [-0.1, -0.05) is 19.8 Å². The minimum absolute atomic E-state index is 0.745. The van der Waals surface area contributed by atoms with E-state index in [1.165, 1.54) is 38.8 Å². The lowest BCUT2D eigenvalue weighted by molar-refractivity contribution is 0.219. The average molecular weight is 153 g/mol. The molecule has 2 unspecified atom stereocenters. The van der Waals surface area contributed by atoms with Crippen molar-refractivity contribution in [1.29, 1.82) is 0 Å². The van der Waals surface area contributed by atoms with Gasteiger partial charge in [-0.3, -0.25) is 0 Å². The van der Waals surface area contributed by atoms with E-state index in [0.29, 0.717) is 0 Å². The van der Waals surface area contributed by atoms with Gasteiger partial charge in [0, 0.05) is 6.54 Å². The lowest BCUT2D eigenvalue weighted by Crippen LogP contribution is -2.27. The van der Waals surface area contributed by atoms with Crippen molar-refractivity contribution in [2.45, 2.75) is 32.6 Å². The normalized spacial score (nSPS) is 45.8. The van der Waals surface area contributed by atoms with Crippen molar-refractivity contribution in [1.82, 2.24) is 4.90 Å². The molecule has 1 saturated carbocycles. The molecule has 0 amide bonds. The maximum Gasteiger partial charge on any atom is 0.00380 e. The topological polar surface area (TPSA) is 3.24 Å². The number of rotatable bonds is 0. The standard InChI is InChI=1S/C10H19N/c1-9-4-3-5-10(9)6-7-11(2)8-10/h9H,3-8H2,1-2H3. The second kappa shape index (κ2) is 2.48. The van der Waals surface area contributed by atoms with Crippen LogP contribution in [0.3, 0.4) is 0 Å². The Hall–Kier alpha value is -0.0400. The first-order valence-electron chi connectivity index (χ1n) is 4.91. The first-order chi connectivity index (χ1) is 5.23. The third-order valence-electron chi connectivity index (χ3n) is 3.93. The summed E-state index contributed by atoms with van der Waals surface area (Å²) in [5, 5.41) is 0. The summed E-state index contributed by atoms with van der Waals surface area (Å²) in [6.07, 6.45) is 5.92. The fourth-order valence-electron chi connectivity index (χ4n) is 3.03. The van der Waals surface area contributed by atoms with Crippen molar-refractivity contribution >= 4 is 0 Å². The number of nitrogens with zero attached hydrogens (tertiary/aromatic N) is 1. The highest BCUT2D eigenvalue weighted by Crippen LogP contribution is 2.48. The molecule has 0 aromatic carbocycles. The lowest BCUT2D eigenvalue weighted by atomic mass is 9.78. The summed E-state index contributed by atoms with van der Waals surface area (Å²) in [7, 11) is 2.26. The van der Waals surface area contributed by atoms with Gasteiger partial charge in [-0.2, -0.15) is 0 Å². The van der Waals surface area contributed by atoms with E-state index in [4.69, 9.17) is 0 Å². The summed E-state index contributed by atoms with van der Waals surface area (Å²) < 4.78 is 0. The van der Waals surface area contributed by atoms with Crippen LogP contribution >= 0.6 is 0 Å². The van der Waals surface area contributed by atoms with E-state index in [2.05, 4.69) is 18.9 Å². The van der Waals surface area contributed by atoms with Crippen LogP contribution in [0.25, 0.3) is 0 Å². The largest absolute Gasteiger partial charge is 0.306 e. The van der Waals surface area contributed by atoms with E-state index in [-0.39, 0.29) is 0 Å². The van der Waals surface area contributed by atoms with E-state index >= 15 is 0 Å². The highest BCUT2D eigenvalue weighted by atomic mass is 15.1. The molecule has 0 N–H and O–H groups in total. The van der Waals surface area contributed by atoms with Gasteiger partial charge in [0.05, 0.1) is 0 Å². The molecular weight excluding hydrogens is 134 g/mol. The van der Waals surface area contributed by atoms with Crippen molar-refractivity contribution in [3.63, 3.8) is 0 Å². The van der Waals surface area contributed by atoms with Crippen molar-refractivity contribution in [2.24, 2.45) is 11.3 Å². The molecule has 0 bridgehead atoms. The van der Waals surface area contributed by atoms with Gasteiger partial charge in [-0.15, -0.1) is 0 Å². The van der Waals surface area contributed by atoms with E-state index in [1.807, 2.05) is 0 Å². The minimum Gasteiger partial charge on any atom is -0.306 e. The molecule has 2 rings (SSSR count). The Morgan fingerprint density at radius 1 is 1.36 bits per heavy atom. The molecule has 2 fully saturated rings. The molecule has 1 heteroatoms. The van der Waals surface area contributed by atoms with Gasteiger partial charge in [-0.25, -0.2) is 0 Å². The zero-order chi connectivity index (χ0) is 7.90. The smallest absolute Gasteiger partial charge is 0.00380 e. The lowest BCUT2D eigenvalue weighted by Gasteiger charge is -2.28. The van der Waals surface area contributed by atoms with Gasteiger partial charge < -0.3 is 4.90 Å². The summed E-state index contributed by atoms with van der Waals surface area (Å²) in [5.74, 6) is 0.993. The van der Waals surface area contributed by atoms with Gasteiger partial charge in [0.2, 0.25) is 0 Å². The fourth-order valence-corrected chi connectivity index (χ4v) is 3.03. The van der Waals surface area contributed by atoms with Gasteiger partial charge in [-0.05, 0) is 37.8 Å². The quantitative estimate of drug-likeness (QED) is 0.515. The monoisotopic (exact) mass is 153 g/mol. The third-order valence-corrected chi connectivity index (χ3v) is 3.93. The molecule has 1 aliphatic heterocycles. The van der Waals surface area contributed by atoms with Gasteiger partial charge >= 0.3 is 0 Å². The second-order valence-electron chi connectivity index (χ2n) is 4.64. The summed E-state index contributed by atoms with van der Waals surface area (Å²) in [4.78, 5) is 2.50. The Bertz CT molecular complexity index is 155. The Morgan fingerprint density at radius 2 is 2.18 bits per heavy atom. The van der Waals surface area contributed by atoms with E-state index in [9.17, 15) is 0 Å². The van der Waals surface area contributed by atoms with Crippen LogP contribution in [0.1, 0.15) is 32.6 Å². The molecular formula is C10H19N. The third kappa shape index (κ3) is 1.10. The van der Waals surface area contributed by atoms with Crippen molar-refractivity contribution < 1.29 is 0 Å². The summed E-state index contributed by atoms with van der Waals surface area (Å²) >= 11 is 0. The fraction of sp³-hybridized carbons (Fsp3) is 1.00. The van der Waals surface area contributed by atoms with Crippen LogP contribution in [0.2, 0.25) is 0 Å². The summed E-state index contributed by atoms with van der Waals surface area (Å²) in [6.45, 7) is 5.16. The molecule has 11 heavy (non-hydrogen) atoms. The molecule has 0 aromatic heterocycles. The predicted octanol–water partition coefficient (Wildman–Crippen LogP) is 2.13. The molecule has 2 aliphatic rings. The highest BCUT2D eigenvalue weighted by molar-refractivity contribution is 4.96. The minimum atomic E-state index is 0.745. The number of likely N-dealkylation sites (tertiary alicyclic amines) is 1. The van der Waals surface area contributed by atoms with E-state index in [0.717, 1.165) is 11.3 Å². The van der Waals surface area contributed by atoms with E-state index < -0.39 is 0 Å². The highest BCUT2D eigenvalue weighted by Gasteiger charge is 2.43. The Balaban J connectivity index is 2.10. The Labute approximate surface area is 69.8 Å². The number of hydrogen-bond acceptors (Lipinski definition) is 1. The molecule has 0 radical (unpaired) electrons. The van der Waals surface area contributed by atoms with Crippen molar-refractivity contribution in [3.05, 3.63) is 0 Å². The van der Waals surface area contributed by atoms with Gasteiger partial charge in [0.25, 0.3) is 0 Å². The molecule has 1 heterocycles. The van der Waals surface area contributed by atoms with Crippen LogP contribution in [0.4, 0.5) is 0 Å². The van der Waals surface area contributed by atoms with Crippen molar-refractivity contribution in [3.8, 4) is 0 Å². The predicted molar refractivity (Wildman–Crippen MR) is 47.6 cm³/mol. The molecule has 1 saturated heterocycles. The zero-order valence-corrected chi connectivity index (χ0v) is 7.77. The SMILES string of the molecule is CC1CCCC12CCN(C)C2. The van der Waals surface area contributed by atoms with E-state index in [1.54, 1.807) is 0 Å². The van der Waals surface area contributed by atoms with Crippen LogP contribution < -0.4 is 0 Å². The van der Waals surface area contributed by atoms with Crippen LogP contribution in [0.5, 0.6) is 0 Å². The molecule has 1 nitrogen and oxygen atoms in total. The van der Waals surface area contributed by atoms with Gasteiger partial charge in [0.15, 0.2) is 0 Å². The second-order valence-corrected chi connectivity index (χ2v) is 4.64. The number of hydrogen-bond donors (Lipinski definition) is 0. The summed E-state index contributed by atoms with van der Waals surface area (Å²) in [5.41, 5.74) is 0.745. The zero-order valence-electron chi connectivity index (χ0n) is 7.77. The van der Waals surface area contributed by atoms with Crippen molar-refractivity contribution in [2.75, 3.05) is 20.1 Å². The van der Waals surface area contributed by atoms with Crippen LogP contribution in [-0.4, -0.2) is 25.0 Å². The molecule has 2 atom stereocenters. The molecule has 0 aromatic rings. The summed E-state index contributed by atoms with van der Waals surface area (Å²) in [6, 6.07) is 0. The van der Waals surface area contributed by atoms with Crippen LogP contribution in [0.15, 0.2) is 0 Å². The Kier molecular flexibility index (Phi) is 1.71. The average Bonchev–Trinajstić information content (AvgIpc) is 2.46. The van der Waals surface area contributed by atoms with Crippen LogP contribution in [-0.2, 0) is 0 Å². The Morgan fingerprint density at radius 3 is 2.64 bits per heavy atom. The maximum atomic E-state index is 2.50.